The van der Waals surface area contributed by atoms with Crippen LogP contribution in [0.25, 0.3) is 0 Å². The van der Waals surface area contributed by atoms with Crippen LogP contribution in [0, 0.1) is 0 Å². The lowest BCUT2D eigenvalue weighted by Crippen LogP contribution is -2.14. The summed E-state index contributed by atoms with van der Waals surface area (Å²) < 4.78 is 6.06. The van der Waals surface area contributed by atoms with Crippen molar-refractivity contribution >= 4 is 21.8 Å². The third kappa shape index (κ3) is 3.21. The number of ether oxygens (including phenoxy) is 1. The molecule has 0 heterocycles. The summed E-state index contributed by atoms with van der Waals surface area (Å²) >= 11 is 3.38. The quantitative estimate of drug-likeness (QED) is 0.847. The highest BCUT2D eigenvalue weighted by molar-refractivity contribution is 9.10. The van der Waals surface area contributed by atoms with Gasteiger partial charge in [-0.2, -0.15) is 0 Å². The number of benzene rings is 1. The third-order valence-electron chi connectivity index (χ3n) is 2.23. The third-order valence-corrected chi connectivity index (χ3v) is 2.97. The molecule has 1 aromatic rings. The molecule has 0 radical (unpaired) electrons. The second-order valence-corrected chi connectivity index (χ2v) is 4.29. The molecule has 0 aliphatic heterocycles. The summed E-state index contributed by atoms with van der Waals surface area (Å²) in [5.74, 6) is 0.412. The minimum Gasteiger partial charge on any atom is -0.496 e. The van der Waals surface area contributed by atoms with E-state index >= 15 is 0 Å². The lowest BCUT2D eigenvalue weighted by molar-refractivity contribution is -0.117. The van der Waals surface area contributed by atoms with Crippen LogP contribution in [0.4, 0.5) is 0 Å². The standard InChI is InChI=1S/C11H15BrN2O2/c1-16-10-6-9(12)8(5-11(14)15)4-7(10)2-3-13/h4,6H,2-3,5,13H2,1H3,(H2,14,15). The fraction of sp³-hybridized carbons (Fsp3) is 0.364. The lowest BCUT2D eigenvalue weighted by Gasteiger charge is -2.11. The molecule has 0 spiro atoms. The summed E-state index contributed by atoms with van der Waals surface area (Å²) in [4.78, 5) is 10.9. The number of hydrogen-bond acceptors (Lipinski definition) is 3. The first-order valence-corrected chi connectivity index (χ1v) is 5.71. The second-order valence-electron chi connectivity index (χ2n) is 3.44. The summed E-state index contributed by atoms with van der Waals surface area (Å²) in [6.45, 7) is 0.536. The molecule has 0 bridgehead atoms. The predicted octanol–water partition coefficient (Wildman–Crippen LogP) is 0.987. The summed E-state index contributed by atoms with van der Waals surface area (Å²) in [7, 11) is 1.61. The zero-order valence-electron chi connectivity index (χ0n) is 9.13. The number of hydrogen-bond donors (Lipinski definition) is 2. The molecule has 0 atom stereocenters. The van der Waals surface area contributed by atoms with Gasteiger partial charge in [-0.1, -0.05) is 22.0 Å². The predicted molar refractivity (Wildman–Crippen MR) is 66.4 cm³/mol. The Bertz CT molecular complexity index is 394. The molecule has 0 fully saturated rings. The van der Waals surface area contributed by atoms with E-state index in [9.17, 15) is 4.79 Å². The maximum atomic E-state index is 10.9. The Morgan fingerprint density at radius 1 is 1.44 bits per heavy atom. The molecule has 0 saturated carbocycles. The van der Waals surface area contributed by atoms with Crippen LogP contribution in [-0.4, -0.2) is 19.6 Å². The molecule has 0 aliphatic rings. The van der Waals surface area contributed by atoms with Gasteiger partial charge in [0, 0.05) is 4.47 Å². The SMILES string of the molecule is COc1cc(Br)c(CC(N)=O)cc1CCN. The monoisotopic (exact) mass is 286 g/mol. The molecule has 88 valence electrons. The van der Waals surface area contributed by atoms with Crippen LogP contribution in [-0.2, 0) is 17.6 Å². The van der Waals surface area contributed by atoms with Gasteiger partial charge >= 0.3 is 0 Å². The van der Waals surface area contributed by atoms with Gasteiger partial charge in [0.1, 0.15) is 5.75 Å². The lowest BCUT2D eigenvalue weighted by atomic mass is 10.0. The summed E-state index contributed by atoms with van der Waals surface area (Å²) in [6.07, 6.45) is 0.921. The van der Waals surface area contributed by atoms with Crippen molar-refractivity contribution in [2.75, 3.05) is 13.7 Å². The molecule has 1 rings (SSSR count). The Kier molecular flexibility index (Phi) is 4.76. The Morgan fingerprint density at radius 2 is 2.12 bits per heavy atom. The maximum Gasteiger partial charge on any atom is 0.221 e. The van der Waals surface area contributed by atoms with Crippen LogP contribution in [0.1, 0.15) is 11.1 Å². The van der Waals surface area contributed by atoms with E-state index in [-0.39, 0.29) is 12.3 Å². The van der Waals surface area contributed by atoms with Gasteiger partial charge in [0.05, 0.1) is 13.5 Å². The number of amides is 1. The Labute approximate surface area is 103 Å². The average Bonchev–Trinajstić information content (AvgIpc) is 2.22. The van der Waals surface area contributed by atoms with Crippen molar-refractivity contribution in [2.45, 2.75) is 12.8 Å². The van der Waals surface area contributed by atoms with Gasteiger partial charge in [-0.15, -0.1) is 0 Å². The second kappa shape index (κ2) is 5.86. The fourth-order valence-corrected chi connectivity index (χ4v) is 1.98. The Balaban J connectivity index is 3.10. The Morgan fingerprint density at radius 3 is 2.62 bits per heavy atom. The number of carbonyl (C=O) groups excluding carboxylic acids is 1. The van der Waals surface area contributed by atoms with Crippen molar-refractivity contribution in [3.8, 4) is 5.75 Å². The molecular formula is C11H15BrN2O2. The Hall–Kier alpha value is -1.07. The van der Waals surface area contributed by atoms with E-state index in [1.165, 1.54) is 0 Å². The van der Waals surface area contributed by atoms with Crippen molar-refractivity contribution in [1.29, 1.82) is 0 Å². The van der Waals surface area contributed by atoms with E-state index in [0.29, 0.717) is 13.0 Å². The number of primary amides is 1. The minimum absolute atomic E-state index is 0.210. The van der Waals surface area contributed by atoms with Gasteiger partial charge in [0.15, 0.2) is 0 Å². The number of rotatable bonds is 5. The van der Waals surface area contributed by atoms with Gasteiger partial charge in [-0.3, -0.25) is 4.79 Å². The molecular weight excluding hydrogens is 272 g/mol. The highest BCUT2D eigenvalue weighted by Gasteiger charge is 2.10. The minimum atomic E-state index is -0.357. The molecule has 0 unspecified atom stereocenters. The topological polar surface area (TPSA) is 78.3 Å². The summed E-state index contributed by atoms with van der Waals surface area (Å²) in [6, 6.07) is 3.74. The molecule has 1 aromatic carbocycles. The van der Waals surface area contributed by atoms with Crippen molar-refractivity contribution in [3.63, 3.8) is 0 Å². The first kappa shape index (κ1) is 13.0. The van der Waals surface area contributed by atoms with Crippen molar-refractivity contribution in [1.82, 2.24) is 0 Å². The zero-order chi connectivity index (χ0) is 12.1. The van der Waals surface area contributed by atoms with Crippen molar-refractivity contribution in [3.05, 3.63) is 27.7 Å². The maximum absolute atomic E-state index is 10.9. The van der Waals surface area contributed by atoms with Crippen LogP contribution in [0.5, 0.6) is 5.75 Å². The van der Waals surface area contributed by atoms with E-state index in [0.717, 1.165) is 21.3 Å². The number of methoxy groups -OCH3 is 1. The number of halogens is 1. The van der Waals surface area contributed by atoms with Gasteiger partial charge < -0.3 is 16.2 Å². The first-order chi connectivity index (χ1) is 7.58. The molecule has 0 aromatic heterocycles. The largest absolute Gasteiger partial charge is 0.496 e. The molecule has 4 N–H and O–H groups in total. The summed E-state index contributed by atoms with van der Waals surface area (Å²) in [5.41, 5.74) is 12.5. The average molecular weight is 287 g/mol. The van der Waals surface area contributed by atoms with Crippen LogP contribution >= 0.6 is 15.9 Å². The van der Waals surface area contributed by atoms with E-state index in [1.807, 2.05) is 12.1 Å². The molecule has 4 nitrogen and oxygen atoms in total. The van der Waals surface area contributed by atoms with Crippen molar-refractivity contribution < 1.29 is 9.53 Å². The van der Waals surface area contributed by atoms with E-state index in [2.05, 4.69) is 15.9 Å². The van der Waals surface area contributed by atoms with E-state index in [4.69, 9.17) is 16.2 Å². The molecule has 0 saturated heterocycles. The summed E-state index contributed by atoms with van der Waals surface area (Å²) in [5, 5.41) is 0. The highest BCUT2D eigenvalue weighted by Crippen LogP contribution is 2.28. The molecule has 1 amide bonds. The van der Waals surface area contributed by atoms with Crippen LogP contribution < -0.4 is 16.2 Å². The van der Waals surface area contributed by atoms with Crippen LogP contribution in [0.3, 0.4) is 0 Å². The normalized spacial score (nSPS) is 10.2. The van der Waals surface area contributed by atoms with Crippen LogP contribution in [0.15, 0.2) is 16.6 Å². The first-order valence-electron chi connectivity index (χ1n) is 4.92. The van der Waals surface area contributed by atoms with Crippen molar-refractivity contribution in [2.24, 2.45) is 11.5 Å². The van der Waals surface area contributed by atoms with Gasteiger partial charge in [0.2, 0.25) is 5.91 Å². The zero-order valence-corrected chi connectivity index (χ0v) is 10.7. The van der Waals surface area contributed by atoms with Gasteiger partial charge in [-0.25, -0.2) is 0 Å². The molecule has 16 heavy (non-hydrogen) atoms. The smallest absolute Gasteiger partial charge is 0.221 e. The van der Waals surface area contributed by atoms with Gasteiger partial charge in [-0.05, 0) is 30.2 Å². The van der Waals surface area contributed by atoms with E-state index in [1.54, 1.807) is 7.11 Å². The number of nitrogens with two attached hydrogens (primary N) is 2. The number of carbonyl (C=O) groups is 1. The molecule has 0 aliphatic carbocycles. The molecule has 5 heteroatoms. The fourth-order valence-electron chi connectivity index (χ4n) is 1.51. The van der Waals surface area contributed by atoms with E-state index < -0.39 is 0 Å². The van der Waals surface area contributed by atoms with Crippen LogP contribution in [0.2, 0.25) is 0 Å². The highest BCUT2D eigenvalue weighted by atomic mass is 79.9. The van der Waals surface area contributed by atoms with Gasteiger partial charge in [0.25, 0.3) is 0 Å².